The first-order chi connectivity index (χ1) is 20.3. The summed E-state index contributed by atoms with van der Waals surface area (Å²) >= 11 is 1.38. The fraction of sp³-hybridized carbons (Fsp3) is 0.419. The number of hydrogen-bond donors (Lipinski definition) is 3. The number of carboxylic acid groups (broad SMARTS) is 1. The molecule has 3 N–H and O–H groups in total. The van der Waals surface area contributed by atoms with Crippen LogP contribution in [-0.2, 0) is 14.4 Å². The van der Waals surface area contributed by atoms with Crippen molar-refractivity contribution in [3.05, 3.63) is 66.5 Å². The summed E-state index contributed by atoms with van der Waals surface area (Å²) in [5.74, 6) is -2.75. The molecule has 3 aliphatic rings. The minimum absolute atomic E-state index is 0.117. The molecule has 220 valence electrons. The molecule has 5 atom stereocenters. The molecule has 6 rings (SSSR count). The third-order valence-corrected chi connectivity index (χ3v) is 9.29. The summed E-state index contributed by atoms with van der Waals surface area (Å²) in [5.41, 5.74) is -0.381. The van der Waals surface area contributed by atoms with Gasteiger partial charge in [0.2, 0.25) is 11.8 Å². The minimum atomic E-state index is -1.39. The van der Waals surface area contributed by atoms with Crippen LogP contribution in [-0.4, -0.2) is 63.0 Å². The summed E-state index contributed by atoms with van der Waals surface area (Å²) in [6.07, 6.45) is 7.49. The van der Waals surface area contributed by atoms with Crippen LogP contribution >= 0.6 is 11.3 Å². The van der Waals surface area contributed by atoms with Crippen molar-refractivity contribution in [1.82, 2.24) is 15.2 Å². The molecule has 11 heteroatoms. The fourth-order valence-corrected chi connectivity index (χ4v) is 6.84. The van der Waals surface area contributed by atoms with Crippen molar-refractivity contribution in [1.29, 1.82) is 0 Å². The Labute approximate surface area is 246 Å². The number of para-hydroxylation sites is 2. The van der Waals surface area contributed by atoms with Gasteiger partial charge < -0.3 is 25.4 Å². The average Bonchev–Trinajstić information content (AvgIpc) is 3.29. The maximum absolute atomic E-state index is 14.6. The molecule has 1 aromatic heterocycles. The van der Waals surface area contributed by atoms with Gasteiger partial charge in [0.05, 0.1) is 22.4 Å². The number of aromatic nitrogens is 1. The first-order valence-electron chi connectivity index (χ1n) is 14.4. The molecule has 0 unspecified atom stereocenters. The second-order valence-corrected chi connectivity index (χ2v) is 12.2. The molecule has 0 spiro atoms. The fourth-order valence-electron chi connectivity index (χ4n) is 5.96. The molecular formula is C31H33FN4O5S. The van der Waals surface area contributed by atoms with Gasteiger partial charge in [0, 0.05) is 12.3 Å². The van der Waals surface area contributed by atoms with Gasteiger partial charge >= 0.3 is 5.97 Å². The standard InChI is InChI=1S/C31H33FN4O5S/c32-21-11-6-7-12-22(21)33-24-14-5-3-1-2-4-10-19-17-31(19,29(39)40)35-27(37)25-16-20(18-36(25)28(24)38)41-30-34-23-13-8-9-15-26(23)42-30/h4,6-13,15,19-20,24-25,33H,1-3,5,14,16-18H2,(H,35,37)(H,39,40)/b10-4-/t19-,20+,24-,25-,31+/m0/s1. The second-order valence-electron chi connectivity index (χ2n) is 11.2. The zero-order valence-electron chi connectivity index (χ0n) is 23.0. The molecule has 42 heavy (non-hydrogen) atoms. The number of allylic oxidation sites excluding steroid dienone is 1. The summed E-state index contributed by atoms with van der Waals surface area (Å²) in [6, 6.07) is 12.1. The molecule has 2 aromatic carbocycles. The Balaban J connectivity index is 1.29. The molecule has 1 saturated heterocycles. The number of carboxylic acids is 1. The number of hydrogen-bond acceptors (Lipinski definition) is 7. The van der Waals surface area contributed by atoms with Crippen LogP contribution in [0.5, 0.6) is 5.19 Å². The lowest BCUT2D eigenvalue weighted by molar-refractivity contribution is -0.145. The Morgan fingerprint density at radius 3 is 2.76 bits per heavy atom. The van der Waals surface area contributed by atoms with E-state index in [4.69, 9.17) is 4.74 Å². The summed E-state index contributed by atoms with van der Waals surface area (Å²) in [7, 11) is 0. The number of aliphatic carboxylic acids is 1. The lowest BCUT2D eigenvalue weighted by Gasteiger charge is -2.30. The smallest absolute Gasteiger partial charge is 0.330 e. The highest BCUT2D eigenvalue weighted by Crippen LogP contribution is 2.45. The molecule has 2 aliphatic heterocycles. The summed E-state index contributed by atoms with van der Waals surface area (Å²) < 4.78 is 21.8. The number of anilines is 1. The molecule has 1 aliphatic carbocycles. The van der Waals surface area contributed by atoms with E-state index in [1.807, 2.05) is 36.4 Å². The van der Waals surface area contributed by atoms with Crippen LogP contribution in [0.4, 0.5) is 10.1 Å². The van der Waals surface area contributed by atoms with E-state index in [2.05, 4.69) is 15.6 Å². The zero-order valence-corrected chi connectivity index (χ0v) is 23.8. The number of fused-ring (bicyclic) bond motifs is 3. The predicted molar refractivity (Wildman–Crippen MR) is 157 cm³/mol. The quantitative estimate of drug-likeness (QED) is 0.366. The Morgan fingerprint density at radius 1 is 1.14 bits per heavy atom. The molecule has 1 saturated carbocycles. The van der Waals surface area contributed by atoms with Crippen molar-refractivity contribution in [3.63, 3.8) is 0 Å². The van der Waals surface area contributed by atoms with Crippen molar-refractivity contribution < 1.29 is 28.6 Å². The Hall–Kier alpha value is -3.99. The van der Waals surface area contributed by atoms with E-state index >= 15 is 0 Å². The summed E-state index contributed by atoms with van der Waals surface area (Å²) in [4.78, 5) is 46.2. The number of rotatable bonds is 5. The largest absolute Gasteiger partial charge is 0.479 e. The maximum Gasteiger partial charge on any atom is 0.330 e. The van der Waals surface area contributed by atoms with E-state index < -0.39 is 41.4 Å². The van der Waals surface area contributed by atoms with Crippen LogP contribution < -0.4 is 15.4 Å². The van der Waals surface area contributed by atoms with Crippen molar-refractivity contribution in [3.8, 4) is 5.19 Å². The summed E-state index contributed by atoms with van der Waals surface area (Å²) in [6.45, 7) is 0.117. The lowest BCUT2D eigenvalue weighted by Crippen LogP contribution is -2.55. The van der Waals surface area contributed by atoms with E-state index in [9.17, 15) is 23.9 Å². The monoisotopic (exact) mass is 592 g/mol. The van der Waals surface area contributed by atoms with Gasteiger partial charge in [0.1, 0.15) is 29.5 Å². The topological polar surface area (TPSA) is 121 Å². The SMILES string of the molecule is O=C1N[C@]2(C(=O)O)C[C@@H]2/C=C\CCCCC[C@H](Nc2ccccc2F)C(=O)N2C[C@H](Oc3nc4ccccc4s3)C[C@@H]12. The molecule has 3 aromatic rings. The van der Waals surface area contributed by atoms with Gasteiger partial charge in [-0.3, -0.25) is 9.59 Å². The van der Waals surface area contributed by atoms with E-state index in [-0.39, 0.29) is 30.5 Å². The zero-order chi connectivity index (χ0) is 29.3. The van der Waals surface area contributed by atoms with Gasteiger partial charge in [-0.25, -0.2) is 14.2 Å². The Kier molecular flexibility index (Phi) is 7.85. The molecular weight excluding hydrogens is 559 g/mol. The highest BCUT2D eigenvalue weighted by molar-refractivity contribution is 7.20. The van der Waals surface area contributed by atoms with Crippen LogP contribution in [0.1, 0.15) is 44.9 Å². The molecule has 2 fully saturated rings. The van der Waals surface area contributed by atoms with Gasteiger partial charge in [0.15, 0.2) is 0 Å². The first kappa shape index (κ1) is 28.1. The third kappa shape index (κ3) is 5.70. The second kappa shape index (κ2) is 11.7. The van der Waals surface area contributed by atoms with E-state index in [1.54, 1.807) is 18.2 Å². The molecule has 0 bridgehead atoms. The number of carbonyl (C=O) groups is 3. The van der Waals surface area contributed by atoms with Crippen molar-refractivity contribution in [2.24, 2.45) is 5.92 Å². The normalized spacial score (nSPS) is 29.0. The number of benzene rings is 2. The van der Waals surface area contributed by atoms with E-state index in [1.165, 1.54) is 22.3 Å². The van der Waals surface area contributed by atoms with Crippen LogP contribution in [0.15, 0.2) is 60.7 Å². The van der Waals surface area contributed by atoms with Crippen LogP contribution in [0, 0.1) is 11.7 Å². The number of nitrogens with zero attached hydrogens (tertiary/aromatic N) is 2. The van der Waals surface area contributed by atoms with Crippen LogP contribution in [0.3, 0.4) is 0 Å². The molecule has 9 nitrogen and oxygen atoms in total. The van der Waals surface area contributed by atoms with Gasteiger partial charge in [-0.05, 0) is 49.9 Å². The van der Waals surface area contributed by atoms with Crippen LogP contribution in [0.2, 0.25) is 0 Å². The van der Waals surface area contributed by atoms with E-state index in [0.717, 1.165) is 35.9 Å². The van der Waals surface area contributed by atoms with Crippen molar-refractivity contribution in [2.45, 2.75) is 68.7 Å². The number of carbonyl (C=O) groups excluding carboxylic acids is 2. The van der Waals surface area contributed by atoms with Gasteiger partial charge in [-0.2, -0.15) is 0 Å². The highest BCUT2D eigenvalue weighted by Gasteiger charge is 2.61. The highest BCUT2D eigenvalue weighted by atomic mass is 32.1. The summed E-state index contributed by atoms with van der Waals surface area (Å²) in [5, 5.41) is 16.3. The number of ether oxygens (including phenoxy) is 1. The average molecular weight is 593 g/mol. The number of amides is 2. The number of halogens is 1. The minimum Gasteiger partial charge on any atom is -0.479 e. The Bertz CT molecular complexity index is 1490. The van der Waals surface area contributed by atoms with Crippen molar-refractivity contribution >= 4 is 45.0 Å². The molecule has 2 amide bonds. The predicted octanol–water partition coefficient (Wildman–Crippen LogP) is 4.74. The van der Waals surface area contributed by atoms with E-state index in [0.29, 0.717) is 18.0 Å². The van der Waals surface area contributed by atoms with Gasteiger partial charge in [-0.1, -0.05) is 60.6 Å². The molecule has 3 heterocycles. The molecule has 0 radical (unpaired) electrons. The number of nitrogens with one attached hydrogen (secondary N) is 2. The maximum atomic E-state index is 14.6. The number of thiazole rings is 1. The lowest BCUT2D eigenvalue weighted by atomic mass is 10.0. The third-order valence-electron chi connectivity index (χ3n) is 8.37. The van der Waals surface area contributed by atoms with Gasteiger partial charge in [0.25, 0.3) is 5.19 Å². The van der Waals surface area contributed by atoms with Gasteiger partial charge in [-0.15, -0.1) is 0 Å². The van der Waals surface area contributed by atoms with Crippen molar-refractivity contribution in [2.75, 3.05) is 11.9 Å². The Morgan fingerprint density at radius 2 is 1.95 bits per heavy atom. The first-order valence-corrected chi connectivity index (χ1v) is 15.2. The van der Waals surface area contributed by atoms with Crippen LogP contribution in [0.25, 0.3) is 10.2 Å².